The number of hydrogen-bond donors (Lipinski definition) is 1. The van der Waals surface area contributed by atoms with Crippen molar-refractivity contribution in [2.45, 2.75) is 37.1 Å². The highest BCUT2D eigenvalue weighted by molar-refractivity contribution is 8.00. The summed E-state index contributed by atoms with van der Waals surface area (Å²) in [5.41, 5.74) is 7.77. The molecule has 0 aliphatic carbocycles. The topological polar surface area (TPSA) is 53.1 Å². The second kappa shape index (κ2) is 4.06. The first-order chi connectivity index (χ1) is 7.09. The van der Waals surface area contributed by atoms with Crippen LogP contribution in [-0.2, 0) is 4.74 Å². The summed E-state index contributed by atoms with van der Waals surface area (Å²) < 4.78 is 7.17. The van der Waals surface area contributed by atoms with E-state index in [2.05, 4.69) is 18.9 Å². The van der Waals surface area contributed by atoms with Gasteiger partial charge < -0.3 is 10.5 Å². The molecule has 84 valence electrons. The van der Waals surface area contributed by atoms with Crippen molar-refractivity contribution in [1.29, 1.82) is 0 Å². The van der Waals surface area contributed by atoms with Crippen molar-refractivity contribution in [3.63, 3.8) is 0 Å². The van der Waals surface area contributed by atoms with Crippen LogP contribution in [0.15, 0.2) is 5.03 Å². The molecule has 1 aliphatic heterocycles. The molecule has 2 heterocycles. The van der Waals surface area contributed by atoms with Crippen molar-refractivity contribution < 1.29 is 4.74 Å². The lowest BCUT2D eigenvalue weighted by Gasteiger charge is -2.26. The van der Waals surface area contributed by atoms with E-state index in [1.807, 2.05) is 11.6 Å². The van der Waals surface area contributed by atoms with Gasteiger partial charge in [-0.2, -0.15) is 5.10 Å². The van der Waals surface area contributed by atoms with Crippen LogP contribution in [0.25, 0.3) is 0 Å². The van der Waals surface area contributed by atoms with Gasteiger partial charge in [0.05, 0.1) is 29.8 Å². The molecule has 0 saturated carbocycles. The molecular formula is C10H17N3OS. The standard InChI is InChI=1S/C10H17N3OS/c1-6(2)13-10(9(11)7(3)12-13)15-8-4-14-5-8/h6,8H,4-5,11H2,1-3H3. The Morgan fingerprint density at radius 1 is 1.53 bits per heavy atom. The van der Waals surface area contributed by atoms with Gasteiger partial charge in [-0.3, -0.25) is 4.68 Å². The predicted octanol–water partition coefficient (Wildman–Crippen LogP) is 1.85. The summed E-state index contributed by atoms with van der Waals surface area (Å²) >= 11 is 1.78. The SMILES string of the molecule is Cc1nn(C(C)C)c(SC2COC2)c1N. The number of ether oxygens (including phenoxy) is 1. The minimum absolute atomic E-state index is 0.351. The number of anilines is 1. The van der Waals surface area contributed by atoms with E-state index in [1.54, 1.807) is 11.8 Å². The summed E-state index contributed by atoms with van der Waals surface area (Å²) in [5, 5.41) is 6.09. The van der Waals surface area contributed by atoms with Crippen molar-refractivity contribution in [3.8, 4) is 0 Å². The molecule has 4 nitrogen and oxygen atoms in total. The fraction of sp³-hybridized carbons (Fsp3) is 0.700. The molecule has 0 unspecified atom stereocenters. The number of aromatic nitrogens is 2. The third-order valence-electron chi connectivity index (χ3n) is 2.46. The molecule has 0 bridgehead atoms. The zero-order chi connectivity index (χ0) is 11.0. The van der Waals surface area contributed by atoms with Crippen LogP contribution in [0.2, 0.25) is 0 Å². The van der Waals surface area contributed by atoms with E-state index in [1.165, 1.54) is 0 Å². The first-order valence-electron chi connectivity index (χ1n) is 5.18. The maximum atomic E-state index is 6.02. The molecule has 0 aromatic carbocycles. The van der Waals surface area contributed by atoms with Crippen LogP contribution in [0.4, 0.5) is 5.69 Å². The van der Waals surface area contributed by atoms with Gasteiger partial charge in [0.25, 0.3) is 0 Å². The molecule has 1 fully saturated rings. The molecule has 2 rings (SSSR count). The van der Waals surface area contributed by atoms with Crippen LogP contribution in [0.5, 0.6) is 0 Å². The molecule has 15 heavy (non-hydrogen) atoms. The summed E-state index contributed by atoms with van der Waals surface area (Å²) in [5.74, 6) is 0. The molecule has 2 N–H and O–H groups in total. The lowest BCUT2D eigenvalue weighted by molar-refractivity contribution is 0.0454. The summed E-state index contributed by atoms with van der Waals surface area (Å²) in [7, 11) is 0. The van der Waals surface area contributed by atoms with Gasteiger partial charge in [-0.15, -0.1) is 0 Å². The van der Waals surface area contributed by atoms with Crippen molar-refractivity contribution in [1.82, 2.24) is 9.78 Å². The highest BCUT2D eigenvalue weighted by Gasteiger charge is 2.24. The van der Waals surface area contributed by atoms with E-state index in [-0.39, 0.29) is 0 Å². The Morgan fingerprint density at radius 2 is 2.20 bits per heavy atom. The van der Waals surface area contributed by atoms with Gasteiger partial charge in [0.2, 0.25) is 0 Å². The van der Waals surface area contributed by atoms with E-state index in [4.69, 9.17) is 10.5 Å². The van der Waals surface area contributed by atoms with Gasteiger partial charge in [-0.05, 0) is 20.8 Å². The monoisotopic (exact) mass is 227 g/mol. The van der Waals surface area contributed by atoms with E-state index < -0.39 is 0 Å². The minimum atomic E-state index is 0.351. The molecule has 0 spiro atoms. The molecular weight excluding hydrogens is 210 g/mol. The number of nitrogen functional groups attached to an aromatic ring is 1. The van der Waals surface area contributed by atoms with E-state index in [9.17, 15) is 0 Å². The van der Waals surface area contributed by atoms with Crippen LogP contribution < -0.4 is 5.73 Å². The number of nitrogens with two attached hydrogens (primary N) is 1. The number of aryl methyl sites for hydroxylation is 1. The van der Waals surface area contributed by atoms with Crippen molar-refractivity contribution >= 4 is 17.4 Å². The van der Waals surface area contributed by atoms with Gasteiger partial charge >= 0.3 is 0 Å². The van der Waals surface area contributed by atoms with E-state index in [0.29, 0.717) is 11.3 Å². The van der Waals surface area contributed by atoms with E-state index in [0.717, 1.165) is 29.6 Å². The lowest BCUT2D eigenvalue weighted by Crippen LogP contribution is -2.30. The van der Waals surface area contributed by atoms with Crippen LogP contribution in [0.3, 0.4) is 0 Å². The van der Waals surface area contributed by atoms with Gasteiger partial charge in [-0.25, -0.2) is 0 Å². The highest BCUT2D eigenvalue weighted by atomic mass is 32.2. The van der Waals surface area contributed by atoms with Gasteiger partial charge in [0, 0.05) is 6.04 Å². The number of thioether (sulfide) groups is 1. The zero-order valence-corrected chi connectivity index (χ0v) is 10.2. The fourth-order valence-corrected chi connectivity index (χ4v) is 2.73. The Morgan fingerprint density at radius 3 is 2.67 bits per heavy atom. The Balaban J connectivity index is 2.25. The number of nitrogens with zero attached hydrogens (tertiary/aromatic N) is 2. The fourth-order valence-electron chi connectivity index (χ4n) is 1.45. The van der Waals surface area contributed by atoms with Gasteiger partial charge in [0.1, 0.15) is 5.03 Å². The average molecular weight is 227 g/mol. The maximum absolute atomic E-state index is 6.02. The van der Waals surface area contributed by atoms with Crippen molar-refractivity contribution in [2.24, 2.45) is 0 Å². The van der Waals surface area contributed by atoms with Crippen LogP contribution in [-0.4, -0.2) is 28.2 Å². The summed E-state index contributed by atoms with van der Waals surface area (Å²) in [6.45, 7) is 7.84. The molecule has 0 radical (unpaired) electrons. The quantitative estimate of drug-likeness (QED) is 0.856. The second-order valence-corrected chi connectivity index (χ2v) is 5.41. The molecule has 1 aromatic heterocycles. The Labute approximate surface area is 94.2 Å². The summed E-state index contributed by atoms with van der Waals surface area (Å²) in [6.07, 6.45) is 0. The van der Waals surface area contributed by atoms with Crippen LogP contribution in [0.1, 0.15) is 25.6 Å². The number of rotatable bonds is 3. The highest BCUT2D eigenvalue weighted by Crippen LogP contribution is 2.35. The number of hydrogen-bond acceptors (Lipinski definition) is 4. The normalized spacial score (nSPS) is 17.1. The van der Waals surface area contributed by atoms with Crippen LogP contribution >= 0.6 is 11.8 Å². The zero-order valence-electron chi connectivity index (χ0n) is 9.36. The van der Waals surface area contributed by atoms with Crippen LogP contribution in [0, 0.1) is 6.92 Å². The Kier molecular flexibility index (Phi) is 2.93. The Bertz CT molecular complexity index is 358. The Hall–Kier alpha value is -0.680. The average Bonchev–Trinajstić information content (AvgIpc) is 2.38. The third-order valence-corrected chi connectivity index (χ3v) is 3.70. The molecule has 0 amide bonds. The predicted molar refractivity (Wildman–Crippen MR) is 62.2 cm³/mol. The minimum Gasteiger partial charge on any atom is -0.395 e. The molecule has 1 saturated heterocycles. The van der Waals surface area contributed by atoms with Crippen molar-refractivity contribution in [2.75, 3.05) is 18.9 Å². The van der Waals surface area contributed by atoms with E-state index >= 15 is 0 Å². The summed E-state index contributed by atoms with van der Waals surface area (Å²) in [4.78, 5) is 0. The third kappa shape index (κ3) is 1.99. The van der Waals surface area contributed by atoms with Crippen molar-refractivity contribution in [3.05, 3.63) is 5.69 Å². The molecule has 5 heteroatoms. The smallest absolute Gasteiger partial charge is 0.118 e. The second-order valence-electron chi connectivity index (χ2n) is 4.12. The maximum Gasteiger partial charge on any atom is 0.118 e. The largest absolute Gasteiger partial charge is 0.395 e. The van der Waals surface area contributed by atoms with Gasteiger partial charge in [0.15, 0.2) is 0 Å². The lowest BCUT2D eigenvalue weighted by atomic mass is 10.4. The molecule has 0 atom stereocenters. The van der Waals surface area contributed by atoms with Gasteiger partial charge in [-0.1, -0.05) is 11.8 Å². The summed E-state index contributed by atoms with van der Waals surface area (Å²) in [6, 6.07) is 0.351. The first-order valence-corrected chi connectivity index (χ1v) is 6.06. The first kappa shape index (κ1) is 10.8. The molecule has 1 aliphatic rings. The molecule has 1 aromatic rings.